The molecule has 0 aliphatic heterocycles. The molecule has 31 heavy (non-hydrogen) atoms. The minimum atomic E-state index is -0.447. The van der Waals surface area contributed by atoms with Gasteiger partial charge in [-0.1, -0.05) is 58.4 Å². The van der Waals surface area contributed by atoms with E-state index < -0.39 is 5.97 Å². The summed E-state index contributed by atoms with van der Waals surface area (Å²) in [6.45, 7) is 5.98. The van der Waals surface area contributed by atoms with Gasteiger partial charge in [-0.25, -0.2) is 4.79 Å². The van der Waals surface area contributed by atoms with Gasteiger partial charge >= 0.3 is 5.97 Å². The molecule has 3 saturated carbocycles. The Labute approximate surface area is 191 Å². The quantitative estimate of drug-likeness (QED) is 0.216. The van der Waals surface area contributed by atoms with Gasteiger partial charge in [0.1, 0.15) is 0 Å². The summed E-state index contributed by atoms with van der Waals surface area (Å²) in [7, 11) is 0. The third-order valence-corrected chi connectivity index (χ3v) is 9.01. The van der Waals surface area contributed by atoms with E-state index in [0.717, 1.165) is 41.9 Å². The highest BCUT2D eigenvalue weighted by molar-refractivity contribution is 5.87. The van der Waals surface area contributed by atoms with Crippen LogP contribution in [0.3, 0.4) is 0 Å². The summed E-state index contributed by atoms with van der Waals surface area (Å²) < 4.78 is 5.19. The fraction of sp³-hybridized carbons (Fsp3) is 0.893. The number of aliphatic hydroxyl groups excluding tert-OH is 1. The number of hydrogen-bond donors (Lipinski definition) is 1. The zero-order chi connectivity index (χ0) is 22.1. The molecule has 4 atom stereocenters. The standard InChI is InChI=1S/C28H48O3/c1-3-4-5-7-23-11-14-27-19-26(16-15-25(27)18-23)24-12-9-22(10-13-24)8-6-17-31-28(30)21(2)20-29/h22-27,29H,2-20H2,1H3. The molecule has 0 spiro atoms. The van der Waals surface area contributed by atoms with Crippen LogP contribution in [-0.4, -0.2) is 24.3 Å². The van der Waals surface area contributed by atoms with Gasteiger partial charge in [-0.2, -0.15) is 0 Å². The third-order valence-electron chi connectivity index (χ3n) is 9.01. The molecule has 0 aromatic rings. The minimum absolute atomic E-state index is 0.153. The first-order chi connectivity index (χ1) is 15.1. The van der Waals surface area contributed by atoms with E-state index in [4.69, 9.17) is 9.84 Å². The van der Waals surface area contributed by atoms with Gasteiger partial charge in [0, 0.05) is 0 Å². The zero-order valence-electron chi connectivity index (χ0n) is 20.2. The number of hydrogen-bond acceptors (Lipinski definition) is 3. The van der Waals surface area contributed by atoms with Crippen molar-refractivity contribution >= 4 is 5.97 Å². The fourth-order valence-corrected chi connectivity index (χ4v) is 7.05. The molecule has 0 bridgehead atoms. The van der Waals surface area contributed by atoms with Crippen LogP contribution < -0.4 is 0 Å². The highest BCUT2D eigenvalue weighted by Gasteiger charge is 2.38. The summed E-state index contributed by atoms with van der Waals surface area (Å²) in [4.78, 5) is 11.5. The van der Waals surface area contributed by atoms with Gasteiger partial charge in [-0.3, -0.25) is 0 Å². The number of fused-ring (bicyclic) bond motifs is 1. The molecule has 3 rings (SSSR count). The maximum absolute atomic E-state index is 11.5. The molecule has 0 radical (unpaired) electrons. The summed E-state index contributed by atoms with van der Waals surface area (Å²) in [6.07, 6.45) is 22.6. The van der Waals surface area contributed by atoms with Crippen molar-refractivity contribution in [2.75, 3.05) is 13.2 Å². The number of unbranched alkanes of at least 4 members (excludes halogenated alkanes) is 2. The van der Waals surface area contributed by atoms with Crippen LogP contribution in [-0.2, 0) is 9.53 Å². The van der Waals surface area contributed by atoms with E-state index in [1.54, 1.807) is 6.42 Å². The van der Waals surface area contributed by atoms with Crippen molar-refractivity contribution in [3.05, 3.63) is 12.2 Å². The molecular weight excluding hydrogens is 384 g/mol. The maximum Gasteiger partial charge on any atom is 0.335 e. The Hall–Kier alpha value is -0.830. The molecule has 0 saturated heterocycles. The van der Waals surface area contributed by atoms with Crippen LogP contribution in [0.15, 0.2) is 12.2 Å². The zero-order valence-corrected chi connectivity index (χ0v) is 20.2. The molecule has 3 fully saturated rings. The minimum Gasteiger partial charge on any atom is -0.462 e. The van der Waals surface area contributed by atoms with E-state index in [9.17, 15) is 4.79 Å². The Morgan fingerprint density at radius 1 is 0.806 bits per heavy atom. The lowest BCUT2D eigenvalue weighted by Gasteiger charge is -2.45. The molecule has 0 amide bonds. The molecule has 3 aliphatic rings. The summed E-state index contributed by atoms with van der Waals surface area (Å²) in [5.74, 6) is 5.48. The van der Waals surface area contributed by atoms with E-state index in [-0.39, 0.29) is 12.2 Å². The van der Waals surface area contributed by atoms with E-state index in [2.05, 4.69) is 13.5 Å². The summed E-state index contributed by atoms with van der Waals surface area (Å²) in [5.41, 5.74) is 0.153. The number of carbonyl (C=O) groups is 1. The normalized spacial score (nSPS) is 33.5. The van der Waals surface area contributed by atoms with Crippen LogP contribution in [0.1, 0.15) is 110 Å². The van der Waals surface area contributed by atoms with Crippen LogP contribution in [0.2, 0.25) is 0 Å². The predicted octanol–water partition coefficient (Wildman–Crippen LogP) is 7.08. The van der Waals surface area contributed by atoms with Crippen LogP contribution in [0.25, 0.3) is 0 Å². The predicted molar refractivity (Wildman–Crippen MR) is 128 cm³/mol. The Morgan fingerprint density at radius 2 is 1.39 bits per heavy atom. The second kappa shape index (κ2) is 13.0. The molecule has 0 heterocycles. The highest BCUT2D eigenvalue weighted by Crippen LogP contribution is 2.49. The Bertz CT molecular complexity index is 548. The number of rotatable bonds is 11. The van der Waals surface area contributed by atoms with Crippen molar-refractivity contribution < 1.29 is 14.6 Å². The van der Waals surface area contributed by atoms with E-state index in [1.807, 2.05) is 0 Å². The van der Waals surface area contributed by atoms with Crippen molar-refractivity contribution in [3.8, 4) is 0 Å². The molecule has 1 N–H and O–H groups in total. The molecular formula is C28H48O3. The molecule has 0 aromatic heterocycles. The van der Waals surface area contributed by atoms with Gasteiger partial charge in [-0.15, -0.1) is 0 Å². The van der Waals surface area contributed by atoms with E-state index in [1.165, 1.54) is 89.9 Å². The number of carbonyl (C=O) groups excluding carboxylic acids is 1. The molecule has 3 nitrogen and oxygen atoms in total. The molecule has 0 aromatic carbocycles. The first-order valence-electron chi connectivity index (χ1n) is 13.6. The van der Waals surface area contributed by atoms with Crippen molar-refractivity contribution in [2.24, 2.45) is 35.5 Å². The van der Waals surface area contributed by atoms with Gasteiger partial charge in [0.25, 0.3) is 0 Å². The van der Waals surface area contributed by atoms with Crippen LogP contribution in [0.4, 0.5) is 0 Å². The third kappa shape index (κ3) is 7.62. The average Bonchev–Trinajstić information content (AvgIpc) is 2.81. The summed E-state index contributed by atoms with van der Waals surface area (Å²) in [5, 5.41) is 8.91. The van der Waals surface area contributed by atoms with Crippen molar-refractivity contribution in [1.82, 2.24) is 0 Å². The Balaban J connectivity index is 1.30. The van der Waals surface area contributed by atoms with Crippen molar-refractivity contribution in [1.29, 1.82) is 0 Å². The lowest BCUT2D eigenvalue weighted by atomic mass is 9.60. The van der Waals surface area contributed by atoms with E-state index in [0.29, 0.717) is 6.61 Å². The lowest BCUT2D eigenvalue weighted by Crippen LogP contribution is -2.34. The van der Waals surface area contributed by atoms with Gasteiger partial charge in [0.15, 0.2) is 0 Å². The van der Waals surface area contributed by atoms with Crippen LogP contribution >= 0.6 is 0 Å². The molecule has 178 valence electrons. The number of esters is 1. The Morgan fingerprint density at radius 3 is 2.10 bits per heavy atom. The summed E-state index contributed by atoms with van der Waals surface area (Å²) in [6, 6.07) is 0. The average molecular weight is 433 g/mol. The molecule has 4 unspecified atom stereocenters. The summed E-state index contributed by atoms with van der Waals surface area (Å²) >= 11 is 0. The number of ether oxygens (including phenoxy) is 1. The lowest BCUT2D eigenvalue weighted by molar-refractivity contribution is -0.139. The van der Waals surface area contributed by atoms with Gasteiger partial charge < -0.3 is 9.84 Å². The maximum atomic E-state index is 11.5. The van der Waals surface area contributed by atoms with Gasteiger partial charge in [0.05, 0.1) is 18.8 Å². The topological polar surface area (TPSA) is 46.5 Å². The fourth-order valence-electron chi connectivity index (χ4n) is 7.05. The monoisotopic (exact) mass is 432 g/mol. The van der Waals surface area contributed by atoms with Gasteiger partial charge in [0.2, 0.25) is 0 Å². The first-order valence-corrected chi connectivity index (χ1v) is 13.6. The first kappa shape index (κ1) is 24.8. The molecule has 3 aliphatic carbocycles. The Kier molecular flexibility index (Phi) is 10.4. The largest absolute Gasteiger partial charge is 0.462 e. The second-order valence-corrected chi connectivity index (χ2v) is 11.1. The highest BCUT2D eigenvalue weighted by atomic mass is 16.5. The smallest absolute Gasteiger partial charge is 0.335 e. The van der Waals surface area contributed by atoms with Gasteiger partial charge in [-0.05, 0) is 93.3 Å². The second-order valence-electron chi connectivity index (χ2n) is 11.1. The van der Waals surface area contributed by atoms with Crippen molar-refractivity contribution in [3.63, 3.8) is 0 Å². The van der Waals surface area contributed by atoms with Crippen LogP contribution in [0, 0.1) is 35.5 Å². The van der Waals surface area contributed by atoms with Crippen molar-refractivity contribution in [2.45, 2.75) is 110 Å². The molecule has 3 heteroatoms. The SMILES string of the molecule is C=C(CO)C(=O)OCCCC1CCC(C2CCC3CC(CCCCC)CCC3C2)CC1. The number of aliphatic hydroxyl groups is 1. The van der Waals surface area contributed by atoms with E-state index >= 15 is 0 Å². The van der Waals surface area contributed by atoms with Crippen LogP contribution in [0.5, 0.6) is 0 Å².